The number of aryl methyl sites for hydroxylation is 1. The molecule has 1 aliphatic heterocycles. The third-order valence-electron chi connectivity index (χ3n) is 3.73. The number of benzene rings is 1. The smallest absolute Gasteiger partial charge is 0.253 e. The lowest BCUT2D eigenvalue weighted by Gasteiger charge is -2.17. The summed E-state index contributed by atoms with van der Waals surface area (Å²) in [6.45, 7) is 4.60. The fraction of sp³-hybridized carbons (Fsp3) is 0.562. The second-order valence-electron chi connectivity index (χ2n) is 6.00. The number of sulfonamides is 1. The number of carbonyl (C=O) groups is 1. The van der Waals surface area contributed by atoms with Crippen molar-refractivity contribution in [2.45, 2.75) is 38.9 Å². The molecule has 24 heavy (non-hydrogen) atoms. The summed E-state index contributed by atoms with van der Waals surface area (Å²) in [6, 6.07) is 5.04. The van der Waals surface area contributed by atoms with Crippen molar-refractivity contribution in [2.24, 2.45) is 0 Å². The van der Waals surface area contributed by atoms with E-state index in [0.717, 1.165) is 31.3 Å². The van der Waals surface area contributed by atoms with Gasteiger partial charge >= 0.3 is 0 Å². The van der Waals surface area contributed by atoms with Gasteiger partial charge in [0.15, 0.2) is 0 Å². The molecule has 0 spiro atoms. The van der Waals surface area contributed by atoms with E-state index in [1.54, 1.807) is 32.0 Å². The topological polar surface area (TPSA) is 93.7 Å². The molecule has 1 heterocycles. The highest BCUT2D eigenvalue weighted by molar-refractivity contribution is 7.92. The zero-order valence-corrected chi connectivity index (χ0v) is 15.0. The maximum Gasteiger partial charge on any atom is 0.253 e. The van der Waals surface area contributed by atoms with Crippen LogP contribution in [0, 0.1) is 6.92 Å². The van der Waals surface area contributed by atoms with E-state index >= 15 is 0 Å². The van der Waals surface area contributed by atoms with E-state index in [9.17, 15) is 13.2 Å². The first-order valence-electron chi connectivity index (χ1n) is 7.87. The van der Waals surface area contributed by atoms with Crippen LogP contribution < -0.4 is 10.0 Å². The number of nitrogens with one attached hydrogen (secondary N) is 2. The summed E-state index contributed by atoms with van der Waals surface area (Å²) in [5, 5.41) is 2.73. The van der Waals surface area contributed by atoms with Crippen molar-refractivity contribution in [3.63, 3.8) is 0 Å². The molecule has 0 aromatic heterocycles. The molecule has 1 aromatic carbocycles. The molecule has 134 valence electrons. The molecule has 0 radical (unpaired) electrons. The number of rotatable bonds is 7. The van der Waals surface area contributed by atoms with Crippen LogP contribution in [0.2, 0.25) is 0 Å². The lowest BCUT2D eigenvalue weighted by Crippen LogP contribution is -2.30. The Bertz CT molecular complexity index is 684. The molecular formula is C16H24N2O5S. The van der Waals surface area contributed by atoms with Gasteiger partial charge in [-0.15, -0.1) is 0 Å². The standard InChI is InChI=1S/C16H24N2O5S/c1-11-6-7-13(9-15(11)18-24(3,20)21)17-16(19)12(2)23-10-14-5-4-8-22-14/h6-7,9,12,14,18H,4-5,8,10H2,1-3H3,(H,17,19). The van der Waals surface area contributed by atoms with Gasteiger partial charge in [0.25, 0.3) is 5.91 Å². The van der Waals surface area contributed by atoms with Gasteiger partial charge in [-0.2, -0.15) is 0 Å². The van der Waals surface area contributed by atoms with Gasteiger partial charge in [-0.3, -0.25) is 9.52 Å². The number of carbonyl (C=O) groups excluding carboxylic acids is 1. The van der Waals surface area contributed by atoms with E-state index in [1.165, 1.54) is 0 Å². The van der Waals surface area contributed by atoms with Crippen molar-refractivity contribution in [2.75, 3.05) is 29.5 Å². The summed E-state index contributed by atoms with van der Waals surface area (Å²) in [5.41, 5.74) is 1.70. The molecule has 7 nitrogen and oxygen atoms in total. The molecule has 2 unspecified atom stereocenters. The Hall–Kier alpha value is -1.64. The first-order valence-corrected chi connectivity index (χ1v) is 9.76. The highest BCUT2D eigenvalue weighted by Crippen LogP contribution is 2.21. The van der Waals surface area contributed by atoms with Crippen LogP contribution in [0.25, 0.3) is 0 Å². The predicted molar refractivity (Wildman–Crippen MR) is 92.7 cm³/mol. The van der Waals surface area contributed by atoms with Crippen molar-refractivity contribution >= 4 is 27.3 Å². The van der Waals surface area contributed by atoms with Crippen molar-refractivity contribution in [1.29, 1.82) is 0 Å². The van der Waals surface area contributed by atoms with Crippen LogP contribution in [-0.4, -0.2) is 46.0 Å². The molecule has 2 rings (SSSR count). The number of ether oxygens (including phenoxy) is 2. The molecule has 1 aromatic rings. The average molecular weight is 356 g/mol. The second-order valence-corrected chi connectivity index (χ2v) is 7.75. The van der Waals surface area contributed by atoms with Crippen molar-refractivity contribution in [1.82, 2.24) is 0 Å². The number of anilines is 2. The minimum Gasteiger partial charge on any atom is -0.376 e. The summed E-state index contributed by atoms with van der Waals surface area (Å²) in [7, 11) is -3.38. The monoisotopic (exact) mass is 356 g/mol. The van der Waals surface area contributed by atoms with E-state index in [2.05, 4.69) is 10.0 Å². The van der Waals surface area contributed by atoms with Gasteiger partial charge < -0.3 is 14.8 Å². The molecule has 1 saturated heterocycles. The maximum atomic E-state index is 12.2. The highest BCUT2D eigenvalue weighted by Gasteiger charge is 2.20. The maximum absolute atomic E-state index is 12.2. The third-order valence-corrected chi connectivity index (χ3v) is 4.32. The molecule has 8 heteroatoms. The van der Waals surface area contributed by atoms with Gasteiger partial charge in [-0.05, 0) is 44.4 Å². The van der Waals surface area contributed by atoms with Crippen LogP contribution in [0.5, 0.6) is 0 Å². The van der Waals surface area contributed by atoms with Gasteiger partial charge in [-0.1, -0.05) is 6.07 Å². The van der Waals surface area contributed by atoms with Crippen LogP contribution in [-0.2, 0) is 24.3 Å². The van der Waals surface area contributed by atoms with E-state index in [0.29, 0.717) is 18.0 Å². The Morgan fingerprint density at radius 1 is 1.46 bits per heavy atom. The zero-order chi connectivity index (χ0) is 17.7. The van der Waals surface area contributed by atoms with Crippen LogP contribution in [0.1, 0.15) is 25.3 Å². The number of hydrogen-bond donors (Lipinski definition) is 2. The van der Waals surface area contributed by atoms with E-state index in [4.69, 9.17) is 9.47 Å². The Morgan fingerprint density at radius 2 is 2.21 bits per heavy atom. The summed E-state index contributed by atoms with van der Waals surface area (Å²) < 4.78 is 36.2. The lowest BCUT2D eigenvalue weighted by molar-refractivity contribution is -0.128. The molecule has 2 N–H and O–H groups in total. The third kappa shape index (κ3) is 5.77. The van der Waals surface area contributed by atoms with Gasteiger partial charge in [0.1, 0.15) is 6.10 Å². The van der Waals surface area contributed by atoms with Crippen LogP contribution in [0.15, 0.2) is 18.2 Å². The molecule has 0 saturated carbocycles. The first kappa shape index (κ1) is 18.7. The lowest BCUT2D eigenvalue weighted by atomic mass is 10.2. The quantitative estimate of drug-likeness (QED) is 0.778. The summed E-state index contributed by atoms with van der Waals surface area (Å²) in [6.07, 6.45) is 2.49. The van der Waals surface area contributed by atoms with Gasteiger partial charge in [-0.25, -0.2) is 8.42 Å². The number of amides is 1. The largest absolute Gasteiger partial charge is 0.376 e. The summed E-state index contributed by atoms with van der Waals surface area (Å²) in [5.74, 6) is -0.290. The fourth-order valence-corrected chi connectivity index (χ4v) is 2.98. The minimum absolute atomic E-state index is 0.0604. The Balaban J connectivity index is 1.93. The van der Waals surface area contributed by atoms with Gasteiger partial charge in [0.2, 0.25) is 10.0 Å². The summed E-state index contributed by atoms with van der Waals surface area (Å²) in [4.78, 5) is 12.2. The van der Waals surface area contributed by atoms with E-state index in [1.807, 2.05) is 0 Å². The zero-order valence-electron chi connectivity index (χ0n) is 14.2. The molecule has 1 fully saturated rings. The summed E-state index contributed by atoms with van der Waals surface area (Å²) >= 11 is 0. The second kappa shape index (κ2) is 7.96. The van der Waals surface area contributed by atoms with Crippen molar-refractivity contribution in [3.05, 3.63) is 23.8 Å². The Morgan fingerprint density at radius 3 is 2.83 bits per heavy atom. The highest BCUT2D eigenvalue weighted by atomic mass is 32.2. The molecule has 0 aliphatic carbocycles. The van der Waals surface area contributed by atoms with Gasteiger partial charge in [0, 0.05) is 12.3 Å². The first-order chi connectivity index (χ1) is 11.2. The van der Waals surface area contributed by atoms with Crippen molar-refractivity contribution < 1.29 is 22.7 Å². The molecule has 1 aliphatic rings. The number of hydrogen-bond acceptors (Lipinski definition) is 5. The predicted octanol–water partition coefficient (Wildman–Crippen LogP) is 1.89. The van der Waals surface area contributed by atoms with E-state index < -0.39 is 16.1 Å². The molecule has 0 bridgehead atoms. The molecule has 1 amide bonds. The minimum atomic E-state index is -3.38. The molecular weight excluding hydrogens is 332 g/mol. The van der Waals surface area contributed by atoms with Crippen LogP contribution in [0.3, 0.4) is 0 Å². The average Bonchev–Trinajstić information content (AvgIpc) is 3.00. The molecule has 2 atom stereocenters. The van der Waals surface area contributed by atoms with Crippen LogP contribution >= 0.6 is 0 Å². The van der Waals surface area contributed by atoms with Crippen molar-refractivity contribution in [3.8, 4) is 0 Å². The normalized spacial score (nSPS) is 19.0. The Labute approximate surface area is 142 Å². The van der Waals surface area contributed by atoms with E-state index in [-0.39, 0.29) is 12.0 Å². The fourth-order valence-electron chi connectivity index (χ4n) is 2.36. The Kier molecular flexibility index (Phi) is 6.20. The van der Waals surface area contributed by atoms with Crippen LogP contribution in [0.4, 0.5) is 11.4 Å². The SMILES string of the molecule is Cc1ccc(NC(=O)C(C)OCC2CCCO2)cc1NS(C)(=O)=O. The van der Waals surface area contributed by atoms with Gasteiger partial charge in [0.05, 0.1) is 24.7 Å².